The predicted molar refractivity (Wildman–Crippen MR) is 77.9 cm³/mol. The number of hydrogen-bond acceptors (Lipinski definition) is 4. The fourth-order valence-corrected chi connectivity index (χ4v) is 3.09. The molecule has 20 heavy (non-hydrogen) atoms. The molecule has 2 aliphatic rings. The number of nitrogens with one attached hydrogen (secondary N) is 1. The first-order chi connectivity index (χ1) is 9.74. The Balaban J connectivity index is 1.74. The van der Waals surface area contributed by atoms with Crippen LogP contribution >= 0.6 is 0 Å². The third kappa shape index (κ3) is 2.78. The SMILES string of the molecule is O=C(O)CCN1Cc2cccc(N3CCNCC3)c2C1. The van der Waals surface area contributed by atoms with Crippen LogP contribution in [0.1, 0.15) is 17.5 Å². The molecule has 0 radical (unpaired) electrons. The summed E-state index contributed by atoms with van der Waals surface area (Å²) in [7, 11) is 0. The standard InChI is InChI=1S/C15H21N3O2/c19-15(20)4-7-17-10-12-2-1-3-14(13(12)11-17)18-8-5-16-6-9-18/h1-3,16H,4-11H2,(H,19,20). The molecule has 5 nitrogen and oxygen atoms in total. The van der Waals surface area contributed by atoms with E-state index in [4.69, 9.17) is 5.11 Å². The predicted octanol–water partition coefficient (Wildman–Crippen LogP) is 0.887. The van der Waals surface area contributed by atoms with Crippen LogP contribution in [0.2, 0.25) is 0 Å². The van der Waals surface area contributed by atoms with Crippen molar-refractivity contribution in [1.82, 2.24) is 10.2 Å². The summed E-state index contributed by atoms with van der Waals surface area (Å²) < 4.78 is 0. The Morgan fingerprint density at radius 1 is 1.25 bits per heavy atom. The Labute approximate surface area is 119 Å². The molecule has 0 unspecified atom stereocenters. The maximum absolute atomic E-state index is 10.7. The highest BCUT2D eigenvalue weighted by Gasteiger charge is 2.24. The average Bonchev–Trinajstić information content (AvgIpc) is 2.89. The molecule has 0 amide bonds. The lowest BCUT2D eigenvalue weighted by molar-refractivity contribution is -0.137. The minimum Gasteiger partial charge on any atom is -0.481 e. The van der Waals surface area contributed by atoms with Gasteiger partial charge in [-0.25, -0.2) is 0 Å². The zero-order valence-corrected chi connectivity index (χ0v) is 11.6. The first-order valence-electron chi connectivity index (χ1n) is 7.24. The number of hydrogen-bond donors (Lipinski definition) is 2. The lowest BCUT2D eigenvalue weighted by atomic mass is 10.1. The number of benzene rings is 1. The molecule has 2 N–H and O–H groups in total. The van der Waals surface area contributed by atoms with E-state index in [1.165, 1.54) is 16.8 Å². The number of carboxylic acids is 1. The molecule has 5 heteroatoms. The van der Waals surface area contributed by atoms with Crippen LogP contribution in [-0.2, 0) is 17.9 Å². The molecule has 1 saturated heterocycles. The Morgan fingerprint density at radius 2 is 2.05 bits per heavy atom. The van der Waals surface area contributed by atoms with Gasteiger partial charge in [-0.05, 0) is 17.2 Å². The van der Waals surface area contributed by atoms with Gasteiger partial charge in [-0.1, -0.05) is 12.1 Å². The molecule has 0 atom stereocenters. The quantitative estimate of drug-likeness (QED) is 0.854. The molecule has 1 aromatic carbocycles. The van der Waals surface area contributed by atoms with Crippen LogP contribution in [0.4, 0.5) is 5.69 Å². The molecule has 1 aromatic rings. The van der Waals surface area contributed by atoms with Crippen molar-refractivity contribution in [3.05, 3.63) is 29.3 Å². The minimum atomic E-state index is -0.719. The summed E-state index contributed by atoms with van der Waals surface area (Å²) in [4.78, 5) is 15.4. The Hall–Kier alpha value is -1.59. The Bertz CT molecular complexity index is 498. The molecule has 1 fully saturated rings. The van der Waals surface area contributed by atoms with Gasteiger partial charge in [0.15, 0.2) is 0 Å². The van der Waals surface area contributed by atoms with Crippen molar-refractivity contribution < 1.29 is 9.90 Å². The Morgan fingerprint density at radius 3 is 2.80 bits per heavy atom. The van der Waals surface area contributed by atoms with E-state index in [1.807, 2.05) is 0 Å². The monoisotopic (exact) mass is 275 g/mol. The third-order valence-corrected chi connectivity index (χ3v) is 4.12. The summed E-state index contributed by atoms with van der Waals surface area (Å²) in [6.45, 7) is 6.55. The molecule has 2 heterocycles. The first kappa shape index (κ1) is 13.4. The molecule has 0 aliphatic carbocycles. The summed E-state index contributed by atoms with van der Waals surface area (Å²) in [5.41, 5.74) is 4.08. The van der Waals surface area contributed by atoms with Gasteiger partial charge in [0.2, 0.25) is 0 Å². The van der Waals surface area contributed by atoms with Crippen LogP contribution in [-0.4, -0.2) is 48.7 Å². The fourth-order valence-electron chi connectivity index (χ4n) is 3.09. The second kappa shape index (κ2) is 5.81. The highest BCUT2D eigenvalue weighted by atomic mass is 16.4. The average molecular weight is 275 g/mol. The molecular formula is C15H21N3O2. The minimum absolute atomic E-state index is 0.219. The smallest absolute Gasteiger partial charge is 0.304 e. The van der Waals surface area contributed by atoms with Gasteiger partial charge in [-0.3, -0.25) is 9.69 Å². The van der Waals surface area contributed by atoms with Crippen molar-refractivity contribution in [3.8, 4) is 0 Å². The van der Waals surface area contributed by atoms with E-state index in [-0.39, 0.29) is 6.42 Å². The molecule has 0 aromatic heterocycles. The van der Waals surface area contributed by atoms with E-state index in [0.717, 1.165) is 39.3 Å². The second-order valence-electron chi connectivity index (χ2n) is 5.51. The molecule has 0 spiro atoms. The second-order valence-corrected chi connectivity index (χ2v) is 5.51. The maximum Gasteiger partial charge on any atom is 0.304 e. The highest BCUT2D eigenvalue weighted by molar-refractivity contribution is 5.67. The number of piperazine rings is 1. The normalized spacial score (nSPS) is 19.1. The van der Waals surface area contributed by atoms with Crippen molar-refractivity contribution in [1.29, 1.82) is 0 Å². The van der Waals surface area contributed by atoms with Crippen LogP contribution in [0.5, 0.6) is 0 Å². The van der Waals surface area contributed by atoms with Crippen LogP contribution in [0.25, 0.3) is 0 Å². The van der Waals surface area contributed by atoms with Gasteiger partial charge in [0.05, 0.1) is 6.42 Å². The van der Waals surface area contributed by atoms with Gasteiger partial charge < -0.3 is 15.3 Å². The number of carbonyl (C=O) groups is 1. The number of rotatable bonds is 4. The van der Waals surface area contributed by atoms with Gasteiger partial charge in [0.1, 0.15) is 0 Å². The molecular weight excluding hydrogens is 254 g/mol. The molecule has 108 valence electrons. The van der Waals surface area contributed by atoms with E-state index < -0.39 is 5.97 Å². The van der Waals surface area contributed by atoms with Crippen molar-refractivity contribution >= 4 is 11.7 Å². The maximum atomic E-state index is 10.7. The molecule has 3 rings (SSSR count). The highest BCUT2D eigenvalue weighted by Crippen LogP contribution is 2.31. The number of anilines is 1. The lowest BCUT2D eigenvalue weighted by Gasteiger charge is -2.31. The molecule has 0 saturated carbocycles. The van der Waals surface area contributed by atoms with Crippen molar-refractivity contribution in [2.45, 2.75) is 19.5 Å². The summed E-state index contributed by atoms with van der Waals surface area (Å²) in [6, 6.07) is 6.49. The van der Waals surface area contributed by atoms with Gasteiger partial charge in [0, 0.05) is 51.5 Å². The fraction of sp³-hybridized carbons (Fsp3) is 0.533. The van der Waals surface area contributed by atoms with E-state index >= 15 is 0 Å². The van der Waals surface area contributed by atoms with E-state index in [1.54, 1.807) is 0 Å². The van der Waals surface area contributed by atoms with E-state index in [2.05, 4.69) is 33.3 Å². The topological polar surface area (TPSA) is 55.8 Å². The van der Waals surface area contributed by atoms with Crippen molar-refractivity contribution in [3.63, 3.8) is 0 Å². The van der Waals surface area contributed by atoms with Gasteiger partial charge in [0.25, 0.3) is 0 Å². The van der Waals surface area contributed by atoms with Crippen LogP contribution in [0.15, 0.2) is 18.2 Å². The summed E-state index contributed by atoms with van der Waals surface area (Å²) in [5.74, 6) is -0.719. The first-order valence-corrected chi connectivity index (χ1v) is 7.24. The number of fused-ring (bicyclic) bond motifs is 1. The number of nitrogens with zero attached hydrogens (tertiary/aromatic N) is 2. The van der Waals surface area contributed by atoms with E-state index in [0.29, 0.717) is 6.54 Å². The van der Waals surface area contributed by atoms with Crippen LogP contribution in [0.3, 0.4) is 0 Å². The van der Waals surface area contributed by atoms with Gasteiger partial charge >= 0.3 is 5.97 Å². The summed E-state index contributed by atoms with van der Waals surface area (Å²) in [5, 5.41) is 12.2. The van der Waals surface area contributed by atoms with Gasteiger partial charge in [-0.15, -0.1) is 0 Å². The summed E-state index contributed by atoms with van der Waals surface area (Å²) >= 11 is 0. The lowest BCUT2D eigenvalue weighted by Crippen LogP contribution is -2.43. The third-order valence-electron chi connectivity index (χ3n) is 4.12. The Kier molecular flexibility index (Phi) is 3.89. The van der Waals surface area contributed by atoms with Crippen molar-refractivity contribution in [2.75, 3.05) is 37.6 Å². The van der Waals surface area contributed by atoms with Crippen molar-refractivity contribution in [2.24, 2.45) is 0 Å². The van der Waals surface area contributed by atoms with Gasteiger partial charge in [-0.2, -0.15) is 0 Å². The largest absolute Gasteiger partial charge is 0.481 e. The molecule has 2 aliphatic heterocycles. The number of carboxylic acid groups (broad SMARTS) is 1. The zero-order valence-electron chi connectivity index (χ0n) is 11.6. The van der Waals surface area contributed by atoms with E-state index in [9.17, 15) is 4.79 Å². The summed E-state index contributed by atoms with van der Waals surface area (Å²) in [6.07, 6.45) is 0.219. The molecule has 0 bridgehead atoms. The zero-order chi connectivity index (χ0) is 13.9. The van der Waals surface area contributed by atoms with Crippen LogP contribution in [0, 0.1) is 0 Å². The number of aliphatic carboxylic acids is 1. The van der Waals surface area contributed by atoms with Crippen LogP contribution < -0.4 is 10.2 Å².